The minimum absolute atomic E-state index is 0.154. The van der Waals surface area contributed by atoms with Crippen molar-refractivity contribution in [2.45, 2.75) is 32.1 Å². The second-order valence-corrected chi connectivity index (χ2v) is 10.1. The number of hydrogen-bond donors (Lipinski definition) is 0. The first kappa shape index (κ1) is 17.8. The van der Waals surface area contributed by atoms with E-state index >= 15 is 0 Å². The first-order valence-electron chi connectivity index (χ1n) is 11.1. The summed E-state index contributed by atoms with van der Waals surface area (Å²) >= 11 is 0. The van der Waals surface area contributed by atoms with Gasteiger partial charge in [-0.25, -0.2) is 0 Å². The summed E-state index contributed by atoms with van der Waals surface area (Å²) < 4.78 is 0. The zero-order valence-corrected chi connectivity index (χ0v) is 17.9. The molecule has 0 unspecified atom stereocenters. The lowest BCUT2D eigenvalue weighted by Crippen LogP contribution is -2.81. The normalized spacial score (nSPS) is 21.0. The molecule has 0 amide bonds. The molecule has 3 aliphatic heterocycles. The van der Waals surface area contributed by atoms with Gasteiger partial charge in [-0.2, -0.15) is 21.9 Å². The third-order valence-corrected chi connectivity index (χ3v) is 7.60. The monoisotopic (exact) mass is 385 g/mol. The van der Waals surface area contributed by atoms with Crippen LogP contribution in [0.4, 0.5) is 0 Å². The molecule has 0 atom stereocenters. The second-order valence-electron chi connectivity index (χ2n) is 10.1. The standard InChI is InChI=1S/C29H26B/c1-29(2,3)20-16-18-21(19-17-20)30-25-13-7-4-10-22(25)28(23-11-5-8-14-26(23)30)24-12-6-9-15-27(24)30/h4-19,28H,1-3H3/q-1. The Balaban J connectivity index is 1.75. The Hall–Kier alpha value is -3.06. The molecule has 3 aliphatic rings. The molecule has 4 aromatic carbocycles. The first-order chi connectivity index (χ1) is 14.5. The van der Waals surface area contributed by atoms with E-state index in [4.69, 9.17) is 0 Å². The maximum Gasteiger partial charge on any atom is 0.109 e. The van der Waals surface area contributed by atoms with Gasteiger partial charge in [-0.3, -0.25) is 0 Å². The van der Waals surface area contributed by atoms with E-state index in [9.17, 15) is 0 Å². The molecule has 30 heavy (non-hydrogen) atoms. The van der Waals surface area contributed by atoms with Crippen LogP contribution < -0.4 is 21.9 Å². The number of hydrogen-bond acceptors (Lipinski definition) is 0. The van der Waals surface area contributed by atoms with Gasteiger partial charge in [0.1, 0.15) is 6.15 Å². The van der Waals surface area contributed by atoms with Crippen LogP contribution in [0.15, 0.2) is 97.1 Å². The molecule has 0 aliphatic carbocycles. The van der Waals surface area contributed by atoms with Crippen LogP contribution in [-0.4, -0.2) is 6.15 Å². The lowest BCUT2D eigenvalue weighted by Gasteiger charge is -2.57. The van der Waals surface area contributed by atoms with Crippen molar-refractivity contribution in [3.63, 3.8) is 0 Å². The van der Waals surface area contributed by atoms with Gasteiger partial charge >= 0.3 is 0 Å². The largest absolute Gasteiger partial charge is 0.195 e. The Morgan fingerprint density at radius 3 is 1.33 bits per heavy atom. The molecule has 1 heteroatoms. The van der Waals surface area contributed by atoms with Gasteiger partial charge in [0.15, 0.2) is 0 Å². The third kappa shape index (κ3) is 2.13. The van der Waals surface area contributed by atoms with Crippen molar-refractivity contribution >= 4 is 28.0 Å². The fourth-order valence-electron chi connectivity index (χ4n) is 6.32. The van der Waals surface area contributed by atoms with E-state index in [1.54, 1.807) is 0 Å². The zero-order chi connectivity index (χ0) is 20.5. The zero-order valence-electron chi connectivity index (χ0n) is 17.9. The van der Waals surface area contributed by atoms with E-state index in [1.807, 2.05) is 0 Å². The van der Waals surface area contributed by atoms with Crippen LogP contribution in [-0.2, 0) is 5.41 Å². The van der Waals surface area contributed by atoms with E-state index in [1.165, 1.54) is 44.1 Å². The van der Waals surface area contributed by atoms with Crippen LogP contribution in [0, 0.1) is 0 Å². The van der Waals surface area contributed by atoms with Gasteiger partial charge in [-0.05, 0) is 11.0 Å². The second kappa shape index (κ2) is 5.98. The van der Waals surface area contributed by atoms with E-state index in [2.05, 4.69) is 118 Å². The minimum atomic E-state index is -1.18. The number of rotatable bonds is 1. The van der Waals surface area contributed by atoms with E-state index in [0.717, 1.165) is 0 Å². The maximum atomic E-state index is 2.40. The Morgan fingerprint density at radius 1 is 0.533 bits per heavy atom. The SMILES string of the molecule is CC(C)(C)c1ccc([B-]23c4ccccc4C(c4ccccc42)c2ccccc23)cc1. The van der Waals surface area contributed by atoms with Crippen molar-refractivity contribution in [1.29, 1.82) is 0 Å². The van der Waals surface area contributed by atoms with Crippen molar-refractivity contribution in [3.05, 3.63) is 119 Å². The third-order valence-electron chi connectivity index (χ3n) is 7.60. The molecule has 0 fully saturated rings. The van der Waals surface area contributed by atoms with Gasteiger partial charge in [0.25, 0.3) is 0 Å². The van der Waals surface area contributed by atoms with Crippen molar-refractivity contribution in [3.8, 4) is 0 Å². The molecule has 0 aromatic heterocycles. The predicted molar refractivity (Wildman–Crippen MR) is 130 cm³/mol. The average Bonchev–Trinajstić information content (AvgIpc) is 2.78. The predicted octanol–water partition coefficient (Wildman–Crippen LogP) is 4.17. The van der Waals surface area contributed by atoms with Gasteiger partial charge < -0.3 is 0 Å². The van der Waals surface area contributed by atoms with Crippen molar-refractivity contribution in [2.75, 3.05) is 0 Å². The molecule has 0 saturated heterocycles. The fraction of sp³-hybridized carbons (Fsp3) is 0.172. The van der Waals surface area contributed by atoms with Gasteiger partial charge in [0.05, 0.1) is 0 Å². The summed E-state index contributed by atoms with van der Waals surface area (Å²) in [5.41, 5.74) is 11.9. The van der Waals surface area contributed by atoms with Gasteiger partial charge in [0, 0.05) is 5.92 Å². The summed E-state index contributed by atoms with van der Waals surface area (Å²) in [4.78, 5) is 0. The van der Waals surface area contributed by atoms with Crippen molar-refractivity contribution < 1.29 is 0 Å². The summed E-state index contributed by atoms with van der Waals surface area (Å²) in [5.74, 6) is 0.339. The molecule has 0 radical (unpaired) electrons. The molecule has 0 spiro atoms. The quantitative estimate of drug-likeness (QED) is 0.373. The van der Waals surface area contributed by atoms with Gasteiger partial charge in [-0.1, -0.05) is 135 Å². The van der Waals surface area contributed by atoms with Crippen LogP contribution in [0.25, 0.3) is 0 Å². The Labute approximate surface area is 179 Å². The maximum absolute atomic E-state index is 2.40. The molecule has 0 N–H and O–H groups in total. The summed E-state index contributed by atoms with van der Waals surface area (Å²) in [7, 11) is 0. The molecule has 146 valence electrons. The van der Waals surface area contributed by atoms with Crippen molar-refractivity contribution in [2.24, 2.45) is 0 Å². The van der Waals surface area contributed by atoms with Gasteiger partial charge in [0.2, 0.25) is 0 Å². The summed E-state index contributed by atoms with van der Waals surface area (Å²) in [6.07, 6.45) is -1.18. The fourth-order valence-corrected chi connectivity index (χ4v) is 6.32. The smallest absolute Gasteiger partial charge is 0.109 e. The summed E-state index contributed by atoms with van der Waals surface area (Å²) in [6, 6.07) is 37.0. The highest BCUT2D eigenvalue weighted by Crippen LogP contribution is 2.40. The molecular formula is C29H26B-. The first-order valence-corrected chi connectivity index (χ1v) is 11.1. The van der Waals surface area contributed by atoms with E-state index in [-0.39, 0.29) is 5.41 Å². The highest BCUT2D eigenvalue weighted by atomic mass is 14.4. The highest BCUT2D eigenvalue weighted by molar-refractivity contribution is 7.21. The molecule has 0 saturated carbocycles. The highest BCUT2D eigenvalue weighted by Gasteiger charge is 2.46. The van der Waals surface area contributed by atoms with Crippen molar-refractivity contribution in [1.82, 2.24) is 0 Å². The molecule has 0 nitrogen and oxygen atoms in total. The van der Waals surface area contributed by atoms with E-state index < -0.39 is 6.15 Å². The Kier molecular flexibility index (Phi) is 3.54. The topological polar surface area (TPSA) is 0 Å². The minimum Gasteiger partial charge on any atom is -0.195 e. The van der Waals surface area contributed by atoms with Crippen LogP contribution in [0.3, 0.4) is 0 Å². The molecular weight excluding hydrogens is 359 g/mol. The van der Waals surface area contributed by atoms with Crippen LogP contribution in [0.5, 0.6) is 0 Å². The van der Waals surface area contributed by atoms with Crippen LogP contribution in [0.1, 0.15) is 48.9 Å². The Bertz CT molecular complexity index is 1160. The molecule has 2 bridgehead atoms. The molecule has 3 heterocycles. The van der Waals surface area contributed by atoms with Crippen LogP contribution >= 0.6 is 0 Å². The van der Waals surface area contributed by atoms with Gasteiger partial charge in [-0.15, -0.1) is 0 Å². The molecule has 7 rings (SSSR count). The van der Waals surface area contributed by atoms with E-state index in [0.29, 0.717) is 5.92 Å². The molecule has 4 aromatic rings. The Morgan fingerprint density at radius 2 is 0.933 bits per heavy atom. The summed E-state index contributed by atoms with van der Waals surface area (Å²) in [5, 5.41) is 0. The summed E-state index contributed by atoms with van der Waals surface area (Å²) in [6.45, 7) is 6.87. The lowest BCUT2D eigenvalue weighted by molar-refractivity contribution is 0.590. The number of benzene rings is 4. The van der Waals surface area contributed by atoms with Crippen LogP contribution in [0.2, 0.25) is 0 Å². The lowest BCUT2D eigenvalue weighted by atomic mass is 9.08. The average molecular weight is 385 g/mol.